The van der Waals surface area contributed by atoms with E-state index in [0.29, 0.717) is 0 Å². The first-order valence-electron chi connectivity index (χ1n) is 6.84. The van der Waals surface area contributed by atoms with Crippen molar-refractivity contribution >= 4 is 11.8 Å². The first-order chi connectivity index (χ1) is 10.1. The van der Waals surface area contributed by atoms with Crippen molar-refractivity contribution in [1.29, 1.82) is 0 Å². The average Bonchev–Trinajstić information content (AvgIpc) is 2.54. The Labute approximate surface area is 130 Å². The fraction of sp³-hybridized carbons (Fsp3) is 0.294. The summed E-state index contributed by atoms with van der Waals surface area (Å²) in [4.78, 5) is 1.16. The van der Waals surface area contributed by atoms with Gasteiger partial charge in [0.2, 0.25) is 0 Å². The quantitative estimate of drug-likeness (QED) is 0.822. The zero-order chi connectivity index (χ0) is 15.2. The lowest BCUT2D eigenvalue weighted by atomic mass is 10.1. The van der Waals surface area contributed by atoms with E-state index in [-0.39, 0.29) is 11.3 Å². The van der Waals surface area contributed by atoms with Crippen LogP contribution in [0.2, 0.25) is 0 Å². The Bertz CT molecular complexity index is 571. The zero-order valence-electron chi connectivity index (χ0n) is 12.6. The number of thioether (sulfide) groups is 1. The molecule has 0 saturated heterocycles. The monoisotopic (exact) mass is 303 g/mol. The van der Waals surface area contributed by atoms with Crippen LogP contribution in [-0.2, 0) is 0 Å². The van der Waals surface area contributed by atoms with Gasteiger partial charge in [-0.2, -0.15) is 0 Å². The van der Waals surface area contributed by atoms with E-state index < -0.39 is 0 Å². The Hall–Kier alpha value is -1.65. The molecule has 0 aliphatic carbocycles. The van der Waals surface area contributed by atoms with Gasteiger partial charge in [-0.25, -0.2) is 0 Å². The predicted octanol–water partition coefficient (Wildman–Crippen LogP) is 3.88. The maximum absolute atomic E-state index is 6.36. The third kappa shape index (κ3) is 4.16. The van der Waals surface area contributed by atoms with Crippen LogP contribution >= 0.6 is 11.8 Å². The van der Waals surface area contributed by atoms with Gasteiger partial charge in [-0.1, -0.05) is 25.1 Å². The van der Waals surface area contributed by atoms with Gasteiger partial charge in [0.25, 0.3) is 0 Å². The van der Waals surface area contributed by atoms with Crippen molar-refractivity contribution in [2.45, 2.75) is 23.1 Å². The molecule has 2 aromatic rings. The molecule has 21 heavy (non-hydrogen) atoms. The molecule has 2 atom stereocenters. The fourth-order valence-corrected chi connectivity index (χ4v) is 3.13. The molecular formula is C17H21NO2S. The lowest BCUT2D eigenvalue weighted by Gasteiger charge is -2.20. The number of rotatable bonds is 6. The number of hydrogen-bond acceptors (Lipinski definition) is 4. The number of ether oxygens (including phenoxy) is 2. The van der Waals surface area contributed by atoms with E-state index in [1.807, 2.05) is 42.5 Å². The third-order valence-corrected chi connectivity index (χ3v) is 4.56. The SMILES string of the molecule is COc1ccc(C(N)C(C)Sc2cccc(OC)c2)cc1. The van der Waals surface area contributed by atoms with E-state index in [2.05, 4.69) is 13.0 Å². The van der Waals surface area contributed by atoms with E-state index in [4.69, 9.17) is 15.2 Å². The highest BCUT2D eigenvalue weighted by Gasteiger charge is 2.16. The number of benzene rings is 2. The van der Waals surface area contributed by atoms with Crippen LogP contribution in [0.1, 0.15) is 18.5 Å². The molecule has 112 valence electrons. The standard InChI is InChI=1S/C17H21NO2S/c1-12(21-16-6-4-5-15(11-16)20-3)17(18)13-7-9-14(19-2)10-8-13/h4-12,17H,18H2,1-3H3. The molecule has 0 heterocycles. The van der Waals surface area contributed by atoms with Crippen molar-refractivity contribution < 1.29 is 9.47 Å². The van der Waals surface area contributed by atoms with E-state index >= 15 is 0 Å². The molecule has 2 unspecified atom stereocenters. The zero-order valence-corrected chi connectivity index (χ0v) is 13.4. The van der Waals surface area contributed by atoms with Gasteiger partial charge in [0.05, 0.1) is 14.2 Å². The van der Waals surface area contributed by atoms with E-state index in [1.54, 1.807) is 26.0 Å². The molecule has 0 amide bonds. The number of methoxy groups -OCH3 is 2. The largest absolute Gasteiger partial charge is 0.497 e. The molecule has 2 aromatic carbocycles. The minimum Gasteiger partial charge on any atom is -0.497 e. The topological polar surface area (TPSA) is 44.5 Å². The van der Waals surface area contributed by atoms with Crippen LogP contribution in [0.15, 0.2) is 53.4 Å². The van der Waals surface area contributed by atoms with Gasteiger partial charge in [-0.15, -0.1) is 11.8 Å². The Morgan fingerprint density at radius 3 is 2.24 bits per heavy atom. The maximum atomic E-state index is 6.36. The van der Waals surface area contributed by atoms with Gasteiger partial charge < -0.3 is 15.2 Å². The van der Waals surface area contributed by atoms with Crippen LogP contribution in [0.3, 0.4) is 0 Å². The summed E-state index contributed by atoms with van der Waals surface area (Å²) in [6.07, 6.45) is 0. The van der Waals surface area contributed by atoms with Crippen molar-refractivity contribution in [3.8, 4) is 11.5 Å². The predicted molar refractivity (Wildman–Crippen MR) is 88.2 cm³/mol. The lowest BCUT2D eigenvalue weighted by molar-refractivity contribution is 0.413. The summed E-state index contributed by atoms with van der Waals surface area (Å²) in [6.45, 7) is 2.14. The Morgan fingerprint density at radius 2 is 1.62 bits per heavy atom. The normalized spacial score (nSPS) is 13.5. The summed E-state index contributed by atoms with van der Waals surface area (Å²) in [7, 11) is 3.34. The third-order valence-electron chi connectivity index (χ3n) is 3.37. The summed E-state index contributed by atoms with van der Waals surface area (Å²) < 4.78 is 10.4. The van der Waals surface area contributed by atoms with Gasteiger partial charge in [0, 0.05) is 16.2 Å². The van der Waals surface area contributed by atoms with Gasteiger partial charge in [0.15, 0.2) is 0 Å². The van der Waals surface area contributed by atoms with Gasteiger partial charge in [0.1, 0.15) is 11.5 Å². The first-order valence-corrected chi connectivity index (χ1v) is 7.72. The van der Waals surface area contributed by atoms with Crippen LogP contribution in [0.5, 0.6) is 11.5 Å². The van der Waals surface area contributed by atoms with Gasteiger partial charge in [-0.05, 0) is 35.9 Å². The van der Waals surface area contributed by atoms with Crippen molar-refractivity contribution in [2.75, 3.05) is 14.2 Å². The first kappa shape index (κ1) is 15.7. The van der Waals surface area contributed by atoms with E-state index in [0.717, 1.165) is 22.0 Å². The Morgan fingerprint density at radius 1 is 0.952 bits per heavy atom. The highest BCUT2D eigenvalue weighted by atomic mass is 32.2. The number of nitrogens with two attached hydrogens (primary N) is 1. The summed E-state index contributed by atoms with van der Waals surface area (Å²) in [6, 6.07) is 15.9. The van der Waals surface area contributed by atoms with Crippen molar-refractivity contribution in [2.24, 2.45) is 5.73 Å². The van der Waals surface area contributed by atoms with Crippen LogP contribution < -0.4 is 15.2 Å². The lowest BCUT2D eigenvalue weighted by Crippen LogP contribution is -2.20. The van der Waals surface area contributed by atoms with Gasteiger partial charge >= 0.3 is 0 Å². The van der Waals surface area contributed by atoms with Gasteiger partial charge in [-0.3, -0.25) is 0 Å². The Kier molecular flexibility index (Phi) is 5.53. The molecule has 0 aliphatic rings. The molecule has 0 saturated carbocycles. The highest BCUT2D eigenvalue weighted by molar-refractivity contribution is 8.00. The van der Waals surface area contributed by atoms with Crippen molar-refractivity contribution in [3.63, 3.8) is 0 Å². The fourth-order valence-electron chi connectivity index (χ4n) is 2.06. The molecule has 0 aliphatic heterocycles. The minimum absolute atomic E-state index is 0.0351. The van der Waals surface area contributed by atoms with Crippen LogP contribution in [0, 0.1) is 0 Å². The second kappa shape index (κ2) is 7.38. The Balaban J connectivity index is 2.05. The summed E-state index contributed by atoms with van der Waals surface area (Å²) in [5, 5.41) is 0.255. The maximum Gasteiger partial charge on any atom is 0.119 e. The smallest absolute Gasteiger partial charge is 0.119 e. The van der Waals surface area contributed by atoms with Crippen LogP contribution in [0.25, 0.3) is 0 Å². The molecule has 2 rings (SSSR count). The molecular weight excluding hydrogens is 282 g/mol. The second-order valence-electron chi connectivity index (χ2n) is 4.80. The molecule has 0 radical (unpaired) electrons. The minimum atomic E-state index is -0.0351. The summed E-state index contributed by atoms with van der Waals surface area (Å²) in [5.74, 6) is 1.71. The van der Waals surface area contributed by atoms with Crippen LogP contribution in [0.4, 0.5) is 0 Å². The van der Waals surface area contributed by atoms with Crippen molar-refractivity contribution in [1.82, 2.24) is 0 Å². The summed E-state index contributed by atoms with van der Waals surface area (Å²) in [5.41, 5.74) is 7.47. The molecule has 0 spiro atoms. The van der Waals surface area contributed by atoms with E-state index in [9.17, 15) is 0 Å². The van der Waals surface area contributed by atoms with E-state index in [1.165, 1.54) is 0 Å². The molecule has 0 aromatic heterocycles. The summed E-state index contributed by atoms with van der Waals surface area (Å²) >= 11 is 1.75. The number of hydrogen-bond donors (Lipinski definition) is 1. The molecule has 3 nitrogen and oxygen atoms in total. The molecule has 4 heteroatoms. The molecule has 2 N–H and O–H groups in total. The second-order valence-corrected chi connectivity index (χ2v) is 6.25. The highest BCUT2D eigenvalue weighted by Crippen LogP contribution is 2.32. The molecule has 0 bridgehead atoms. The molecule has 0 fully saturated rings. The average molecular weight is 303 g/mol. The van der Waals surface area contributed by atoms with Crippen LogP contribution in [-0.4, -0.2) is 19.5 Å². The van der Waals surface area contributed by atoms with Crippen molar-refractivity contribution in [3.05, 3.63) is 54.1 Å².